The lowest BCUT2D eigenvalue weighted by molar-refractivity contribution is -0.277. The van der Waals surface area contributed by atoms with Crippen LogP contribution in [0.1, 0.15) is 48.0 Å². The van der Waals surface area contributed by atoms with Gasteiger partial charge in [-0.1, -0.05) is 0 Å². The summed E-state index contributed by atoms with van der Waals surface area (Å²) in [5, 5.41) is 0. The molecule has 1 heterocycles. The Kier molecular flexibility index (Phi) is 5.53. The number of hydrogen-bond acceptors (Lipinski definition) is 6. The first kappa shape index (κ1) is 16.9. The Morgan fingerprint density at radius 2 is 1.65 bits per heavy atom. The molecule has 0 bridgehead atoms. The van der Waals surface area contributed by atoms with Gasteiger partial charge in [0.1, 0.15) is 6.10 Å². The molecule has 0 saturated carbocycles. The SMILES string of the molecule is CC(=O)O[C@H]1[C@H](C)O[C@H](OC(C)(C)C)C[C@@H]1OC(C)=O. The Labute approximate surface area is 119 Å². The molecule has 1 aliphatic rings. The number of carbonyl (C=O) groups excluding carboxylic acids is 2. The van der Waals surface area contributed by atoms with Crippen LogP contribution in [0.2, 0.25) is 0 Å². The minimum Gasteiger partial charge on any atom is -0.458 e. The largest absolute Gasteiger partial charge is 0.458 e. The first-order chi connectivity index (χ1) is 9.08. The molecular weight excluding hydrogens is 264 g/mol. The predicted octanol–water partition coefficient (Wildman–Crippen LogP) is 1.80. The van der Waals surface area contributed by atoms with Gasteiger partial charge in [-0.15, -0.1) is 0 Å². The fourth-order valence-electron chi connectivity index (χ4n) is 2.16. The van der Waals surface area contributed by atoms with Gasteiger partial charge in [0.2, 0.25) is 0 Å². The highest BCUT2D eigenvalue weighted by molar-refractivity contribution is 5.67. The monoisotopic (exact) mass is 288 g/mol. The summed E-state index contributed by atoms with van der Waals surface area (Å²) in [4.78, 5) is 22.3. The molecular formula is C14H24O6. The number of esters is 2. The van der Waals surface area contributed by atoms with Gasteiger partial charge < -0.3 is 18.9 Å². The molecule has 0 spiro atoms. The molecule has 0 aromatic rings. The Hall–Kier alpha value is -1.14. The minimum absolute atomic E-state index is 0.332. The van der Waals surface area contributed by atoms with Gasteiger partial charge in [-0.2, -0.15) is 0 Å². The number of carbonyl (C=O) groups is 2. The Morgan fingerprint density at radius 3 is 2.10 bits per heavy atom. The Morgan fingerprint density at radius 1 is 1.10 bits per heavy atom. The van der Waals surface area contributed by atoms with Crippen molar-refractivity contribution in [1.29, 1.82) is 0 Å². The molecule has 1 rings (SSSR count). The molecule has 0 aromatic carbocycles. The zero-order valence-electron chi connectivity index (χ0n) is 13.0. The molecule has 6 heteroatoms. The van der Waals surface area contributed by atoms with Gasteiger partial charge in [-0.05, 0) is 27.7 Å². The lowest BCUT2D eigenvalue weighted by Gasteiger charge is -2.40. The van der Waals surface area contributed by atoms with Crippen molar-refractivity contribution < 1.29 is 28.5 Å². The quantitative estimate of drug-likeness (QED) is 0.737. The van der Waals surface area contributed by atoms with E-state index in [-0.39, 0.29) is 5.60 Å². The van der Waals surface area contributed by atoms with E-state index in [1.807, 2.05) is 20.8 Å². The molecule has 1 aliphatic heterocycles. The molecule has 6 nitrogen and oxygen atoms in total. The molecule has 116 valence electrons. The van der Waals surface area contributed by atoms with Crippen molar-refractivity contribution in [2.75, 3.05) is 0 Å². The van der Waals surface area contributed by atoms with Crippen molar-refractivity contribution >= 4 is 11.9 Å². The predicted molar refractivity (Wildman–Crippen MR) is 70.9 cm³/mol. The maximum absolute atomic E-state index is 11.2. The van der Waals surface area contributed by atoms with Crippen LogP contribution in [0.5, 0.6) is 0 Å². The summed E-state index contributed by atoms with van der Waals surface area (Å²) in [6, 6.07) is 0. The highest BCUT2D eigenvalue weighted by Crippen LogP contribution is 2.28. The van der Waals surface area contributed by atoms with Crippen LogP contribution in [-0.4, -0.2) is 42.1 Å². The molecule has 1 saturated heterocycles. The second-order valence-corrected chi connectivity index (χ2v) is 5.96. The van der Waals surface area contributed by atoms with Crippen LogP contribution in [0.3, 0.4) is 0 Å². The lowest BCUT2D eigenvalue weighted by Crippen LogP contribution is -2.52. The number of rotatable bonds is 3. The third-order valence-corrected chi connectivity index (χ3v) is 2.72. The maximum Gasteiger partial charge on any atom is 0.303 e. The Balaban J connectivity index is 2.79. The van der Waals surface area contributed by atoms with Crippen LogP contribution in [0.4, 0.5) is 0 Å². The zero-order valence-corrected chi connectivity index (χ0v) is 13.0. The summed E-state index contributed by atoms with van der Waals surface area (Å²) in [6.07, 6.45) is -1.76. The third kappa shape index (κ3) is 5.46. The normalized spacial score (nSPS) is 30.7. The van der Waals surface area contributed by atoms with E-state index in [1.54, 1.807) is 6.92 Å². The van der Waals surface area contributed by atoms with Crippen molar-refractivity contribution in [3.05, 3.63) is 0 Å². The van der Waals surface area contributed by atoms with Crippen molar-refractivity contribution in [1.82, 2.24) is 0 Å². The highest BCUT2D eigenvalue weighted by Gasteiger charge is 2.42. The zero-order chi connectivity index (χ0) is 15.5. The summed E-state index contributed by atoms with van der Waals surface area (Å²) < 4.78 is 21.9. The van der Waals surface area contributed by atoms with Crippen molar-refractivity contribution in [2.45, 2.75) is 78.2 Å². The van der Waals surface area contributed by atoms with E-state index in [0.717, 1.165) is 0 Å². The van der Waals surface area contributed by atoms with Crippen molar-refractivity contribution in [2.24, 2.45) is 0 Å². The molecule has 0 N–H and O–H groups in total. The van der Waals surface area contributed by atoms with Gasteiger partial charge in [0.05, 0.1) is 11.7 Å². The van der Waals surface area contributed by atoms with Gasteiger partial charge in [0.25, 0.3) is 0 Å². The van der Waals surface area contributed by atoms with Crippen molar-refractivity contribution in [3.8, 4) is 0 Å². The fourth-order valence-corrected chi connectivity index (χ4v) is 2.16. The van der Waals surface area contributed by atoms with E-state index in [2.05, 4.69) is 0 Å². The minimum atomic E-state index is -0.615. The molecule has 1 fully saturated rings. The second-order valence-electron chi connectivity index (χ2n) is 5.96. The standard InChI is InChI=1S/C14H24O6/c1-8-13(19-10(3)16)11(18-9(2)15)7-12(17-8)20-14(4,5)6/h8,11-13H,7H2,1-6H3/t8-,11-,12+,13-/m0/s1. The maximum atomic E-state index is 11.2. The van der Waals surface area contributed by atoms with E-state index in [9.17, 15) is 9.59 Å². The molecule has 4 atom stereocenters. The number of ether oxygens (including phenoxy) is 4. The molecule has 0 unspecified atom stereocenters. The van der Waals surface area contributed by atoms with Crippen LogP contribution >= 0.6 is 0 Å². The number of hydrogen-bond donors (Lipinski definition) is 0. The van der Waals surface area contributed by atoms with Gasteiger partial charge in [-0.25, -0.2) is 0 Å². The van der Waals surface area contributed by atoms with Crippen LogP contribution in [-0.2, 0) is 28.5 Å². The van der Waals surface area contributed by atoms with Crippen LogP contribution < -0.4 is 0 Å². The molecule has 20 heavy (non-hydrogen) atoms. The van der Waals surface area contributed by atoms with E-state index < -0.39 is 36.5 Å². The Bertz CT molecular complexity index is 359. The van der Waals surface area contributed by atoms with Gasteiger partial charge >= 0.3 is 11.9 Å². The summed E-state index contributed by atoms with van der Waals surface area (Å²) in [5.41, 5.74) is -0.376. The van der Waals surface area contributed by atoms with E-state index in [0.29, 0.717) is 6.42 Å². The van der Waals surface area contributed by atoms with Gasteiger partial charge in [0, 0.05) is 20.3 Å². The summed E-state index contributed by atoms with van der Waals surface area (Å²) in [5.74, 6) is -0.853. The molecule has 0 amide bonds. The first-order valence-electron chi connectivity index (χ1n) is 6.76. The molecule has 0 radical (unpaired) electrons. The lowest BCUT2D eigenvalue weighted by atomic mass is 10.0. The summed E-state index contributed by atoms with van der Waals surface area (Å²) in [7, 11) is 0. The molecule has 0 aliphatic carbocycles. The van der Waals surface area contributed by atoms with Gasteiger partial charge in [0.15, 0.2) is 12.4 Å². The van der Waals surface area contributed by atoms with E-state index in [1.165, 1.54) is 13.8 Å². The molecule has 0 aromatic heterocycles. The fraction of sp³-hybridized carbons (Fsp3) is 0.857. The van der Waals surface area contributed by atoms with Crippen LogP contribution in [0.15, 0.2) is 0 Å². The van der Waals surface area contributed by atoms with Crippen molar-refractivity contribution in [3.63, 3.8) is 0 Å². The summed E-state index contributed by atoms with van der Waals surface area (Å²) >= 11 is 0. The summed E-state index contributed by atoms with van der Waals surface area (Å²) in [6.45, 7) is 10.2. The van der Waals surface area contributed by atoms with E-state index >= 15 is 0 Å². The second kappa shape index (κ2) is 6.54. The smallest absolute Gasteiger partial charge is 0.303 e. The average molecular weight is 288 g/mol. The topological polar surface area (TPSA) is 71.1 Å². The third-order valence-electron chi connectivity index (χ3n) is 2.72. The highest BCUT2D eigenvalue weighted by atomic mass is 16.7. The van der Waals surface area contributed by atoms with Crippen LogP contribution in [0.25, 0.3) is 0 Å². The van der Waals surface area contributed by atoms with Crippen LogP contribution in [0, 0.1) is 0 Å². The first-order valence-corrected chi connectivity index (χ1v) is 6.76. The van der Waals surface area contributed by atoms with Gasteiger partial charge in [-0.3, -0.25) is 9.59 Å². The average Bonchev–Trinajstić information content (AvgIpc) is 2.19. The van der Waals surface area contributed by atoms with E-state index in [4.69, 9.17) is 18.9 Å².